The molecule has 2 atom stereocenters. The third-order valence-corrected chi connectivity index (χ3v) is 3.96. The monoisotopic (exact) mass is 330 g/mol. The van der Waals surface area contributed by atoms with Crippen molar-refractivity contribution in [2.24, 2.45) is 7.05 Å². The van der Waals surface area contributed by atoms with Crippen molar-refractivity contribution in [1.82, 2.24) is 20.1 Å². The molecular weight excluding hydrogens is 308 g/mol. The Balaban J connectivity index is 1.52. The van der Waals surface area contributed by atoms with Gasteiger partial charge in [-0.15, -0.1) is 0 Å². The largest absolute Gasteiger partial charge is 0.470 e. The lowest BCUT2D eigenvalue weighted by Gasteiger charge is -2.32. The van der Waals surface area contributed by atoms with Gasteiger partial charge in [0.2, 0.25) is 11.8 Å². The normalized spacial score (nSPS) is 20.5. The van der Waals surface area contributed by atoms with Crippen LogP contribution in [0, 0.1) is 0 Å². The van der Waals surface area contributed by atoms with Crippen molar-refractivity contribution in [2.45, 2.75) is 31.4 Å². The van der Waals surface area contributed by atoms with E-state index in [4.69, 9.17) is 9.47 Å². The zero-order chi connectivity index (χ0) is 16.8. The summed E-state index contributed by atoms with van der Waals surface area (Å²) in [5, 5.41) is 7.18. The Kier molecular flexibility index (Phi) is 5.43. The van der Waals surface area contributed by atoms with Gasteiger partial charge in [-0.3, -0.25) is 9.48 Å². The highest BCUT2D eigenvalue weighted by Crippen LogP contribution is 2.15. The van der Waals surface area contributed by atoms with Gasteiger partial charge in [-0.05, 0) is 24.5 Å². The minimum absolute atomic E-state index is 0.0142. The summed E-state index contributed by atoms with van der Waals surface area (Å²) in [6.45, 7) is 1.07. The van der Waals surface area contributed by atoms with Crippen molar-refractivity contribution in [3.05, 3.63) is 42.4 Å². The van der Waals surface area contributed by atoms with Crippen LogP contribution in [-0.2, 0) is 23.0 Å². The van der Waals surface area contributed by atoms with E-state index >= 15 is 0 Å². The van der Waals surface area contributed by atoms with E-state index < -0.39 is 0 Å². The molecule has 0 aromatic carbocycles. The van der Waals surface area contributed by atoms with Gasteiger partial charge in [0, 0.05) is 38.5 Å². The number of aryl methyl sites for hydroxylation is 2. The Morgan fingerprint density at radius 1 is 1.50 bits per heavy atom. The summed E-state index contributed by atoms with van der Waals surface area (Å²) in [6, 6.07) is 5.44. The maximum absolute atomic E-state index is 12.2. The molecule has 0 saturated carbocycles. The Morgan fingerprint density at radius 2 is 2.42 bits per heavy atom. The summed E-state index contributed by atoms with van der Waals surface area (Å²) in [4.78, 5) is 16.4. The molecule has 1 fully saturated rings. The van der Waals surface area contributed by atoms with Crippen LogP contribution in [0.2, 0.25) is 0 Å². The predicted octanol–water partition coefficient (Wildman–Crippen LogP) is 1.10. The molecule has 3 rings (SSSR count). The molecular formula is C17H22N4O3. The van der Waals surface area contributed by atoms with Crippen molar-refractivity contribution < 1.29 is 14.3 Å². The van der Waals surface area contributed by atoms with Gasteiger partial charge in [0.1, 0.15) is 6.10 Å². The van der Waals surface area contributed by atoms with Gasteiger partial charge in [-0.1, -0.05) is 6.07 Å². The van der Waals surface area contributed by atoms with Crippen LogP contribution in [0.4, 0.5) is 0 Å². The molecule has 7 nitrogen and oxygen atoms in total. The summed E-state index contributed by atoms with van der Waals surface area (Å²) in [5.74, 6) is 0.558. The molecule has 7 heteroatoms. The number of nitrogens with one attached hydrogen (secondary N) is 1. The lowest BCUT2D eigenvalue weighted by Crippen LogP contribution is -2.51. The Bertz CT molecular complexity index is 659. The van der Waals surface area contributed by atoms with E-state index in [-0.39, 0.29) is 18.1 Å². The number of ether oxygens (including phenoxy) is 2. The lowest BCUT2D eigenvalue weighted by molar-refractivity contribution is -0.124. The summed E-state index contributed by atoms with van der Waals surface area (Å²) < 4.78 is 13.1. The van der Waals surface area contributed by atoms with Crippen LogP contribution in [0.1, 0.15) is 18.4 Å². The summed E-state index contributed by atoms with van der Waals surface area (Å²) in [5.41, 5.74) is 1.06. The third-order valence-electron chi connectivity index (χ3n) is 3.96. The van der Waals surface area contributed by atoms with E-state index in [1.807, 2.05) is 25.4 Å². The van der Waals surface area contributed by atoms with Crippen LogP contribution >= 0.6 is 0 Å². The van der Waals surface area contributed by atoms with Crippen LogP contribution in [0.15, 0.2) is 36.8 Å². The molecule has 3 heterocycles. The van der Waals surface area contributed by atoms with Crippen molar-refractivity contribution >= 4 is 5.91 Å². The first-order chi connectivity index (χ1) is 11.7. The zero-order valence-electron chi connectivity index (χ0n) is 13.7. The van der Waals surface area contributed by atoms with Crippen LogP contribution in [0.5, 0.6) is 5.88 Å². The van der Waals surface area contributed by atoms with Gasteiger partial charge in [0.25, 0.3) is 0 Å². The second kappa shape index (κ2) is 7.92. The summed E-state index contributed by atoms with van der Waals surface area (Å²) >= 11 is 0. The van der Waals surface area contributed by atoms with E-state index in [9.17, 15) is 4.79 Å². The van der Waals surface area contributed by atoms with E-state index in [0.717, 1.165) is 12.0 Å². The lowest BCUT2D eigenvalue weighted by atomic mass is 10.1. The smallest absolute Gasteiger partial charge is 0.220 e. The molecule has 1 saturated heterocycles. The first-order valence-corrected chi connectivity index (χ1v) is 8.13. The maximum Gasteiger partial charge on any atom is 0.220 e. The van der Waals surface area contributed by atoms with Crippen molar-refractivity contribution in [2.75, 3.05) is 13.2 Å². The molecule has 2 aromatic rings. The Morgan fingerprint density at radius 3 is 3.17 bits per heavy atom. The van der Waals surface area contributed by atoms with Gasteiger partial charge >= 0.3 is 0 Å². The van der Waals surface area contributed by atoms with Crippen LogP contribution in [-0.4, -0.2) is 46.0 Å². The highest BCUT2D eigenvalue weighted by Gasteiger charge is 2.29. The number of amides is 1. The van der Waals surface area contributed by atoms with Gasteiger partial charge in [0.05, 0.1) is 18.8 Å². The van der Waals surface area contributed by atoms with Crippen LogP contribution in [0.25, 0.3) is 0 Å². The molecule has 2 aromatic heterocycles. The molecule has 1 aliphatic heterocycles. The molecule has 24 heavy (non-hydrogen) atoms. The molecule has 0 radical (unpaired) electrons. The zero-order valence-corrected chi connectivity index (χ0v) is 13.7. The van der Waals surface area contributed by atoms with Crippen molar-refractivity contribution in [1.29, 1.82) is 0 Å². The molecule has 1 aliphatic rings. The average Bonchev–Trinajstić information content (AvgIpc) is 3.01. The van der Waals surface area contributed by atoms with Gasteiger partial charge in [-0.25, -0.2) is 4.98 Å². The molecule has 0 unspecified atom stereocenters. The Labute approximate surface area is 141 Å². The first-order valence-electron chi connectivity index (χ1n) is 8.13. The second-order valence-electron chi connectivity index (χ2n) is 5.88. The number of rotatable bonds is 6. The predicted molar refractivity (Wildman–Crippen MR) is 87.5 cm³/mol. The highest BCUT2D eigenvalue weighted by molar-refractivity contribution is 5.76. The maximum atomic E-state index is 12.2. The number of nitrogens with zero attached hydrogens (tertiary/aromatic N) is 3. The first kappa shape index (κ1) is 16.4. The Hall–Kier alpha value is -2.41. The van der Waals surface area contributed by atoms with Crippen molar-refractivity contribution in [3.8, 4) is 5.88 Å². The van der Waals surface area contributed by atoms with Crippen molar-refractivity contribution in [3.63, 3.8) is 0 Å². The number of carbonyl (C=O) groups excluding carboxylic acids is 1. The quantitative estimate of drug-likeness (QED) is 0.858. The van der Waals surface area contributed by atoms with Gasteiger partial charge in [0.15, 0.2) is 0 Å². The number of carbonyl (C=O) groups is 1. The molecule has 0 bridgehead atoms. The number of aromatic nitrogens is 3. The van der Waals surface area contributed by atoms with E-state index in [1.54, 1.807) is 23.1 Å². The molecule has 1 N–H and O–H groups in total. The van der Waals surface area contributed by atoms with Gasteiger partial charge in [-0.2, -0.15) is 5.10 Å². The average molecular weight is 330 g/mol. The second-order valence-corrected chi connectivity index (χ2v) is 5.88. The van der Waals surface area contributed by atoms with E-state index in [1.165, 1.54) is 0 Å². The summed E-state index contributed by atoms with van der Waals surface area (Å²) in [6.07, 6.45) is 7.00. The molecule has 128 valence electrons. The molecule has 0 aliphatic carbocycles. The fourth-order valence-corrected chi connectivity index (χ4v) is 2.70. The SMILES string of the molecule is Cn1cc(CCC(=O)N[C@@H]2CCOC[C@H]2Oc2ccccn2)cn1. The number of hydrogen-bond acceptors (Lipinski definition) is 5. The minimum Gasteiger partial charge on any atom is -0.470 e. The minimum atomic E-state index is -0.226. The topological polar surface area (TPSA) is 78.3 Å². The van der Waals surface area contributed by atoms with Gasteiger partial charge < -0.3 is 14.8 Å². The highest BCUT2D eigenvalue weighted by atomic mass is 16.5. The fourth-order valence-electron chi connectivity index (χ4n) is 2.70. The standard InChI is InChI=1S/C17H22N4O3/c1-21-11-13(10-19-21)5-6-16(22)20-14-7-9-23-12-15(14)24-17-4-2-3-8-18-17/h2-4,8,10-11,14-15H,5-7,9,12H2,1H3,(H,20,22)/t14-,15-/m1/s1. The van der Waals surface area contributed by atoms with Crippen LogP contribution < -0.4 is 10.1 Å². The van der Waals surface area contributed by atoms with E-state index in [0.29, 0.717) is 31.9 Å². The third kappa shape index (κ3) is 4.55. The molecule has 1 amide bonds. The number of pyridine rings is 1. The van der Waals surface area contributed by atoms with Crippen LogP contribution in [0.3, 0.4) is 0 Å². The fraction of sp³-hybridized carbons (Fsp3) is 0.471. The number of hydrogen-bond donors (Lipinski definition) is 1. The molecule has 0 spiro atoms. The van der Waals surface area contributed by atoms with E-state index in [2.05, 4.69) is 15.4 Å². The summed E-state index contributed by atoms with van der Waals surface area (Å²) in [7, 11) is 1.87.